The van der Waals surface area contributed by atoms with Crippen molar-refractivity contribution in [3.8, 4) is 12.3 Å². The van der Waals surface area contributed by atoms with Gasteiger partial charge >= 0.3 is 6.09 Å². The summed E-state index contributed by atoms with van der Waals surface area (Å²) in [5.41, 5.74) is 0. The fourth-order valence-electron chi connectivity index (χ4n) is 1.14. The molecule has 5 nitrogen and oxygen atoms in total. The fourth-order valence-corrected chi connectivity index (χ4v) is 1.14. The van der Waals surface area contributed by atoms with Gasteiger partial charge < -0.3 is 15.0 Å². The first-order valence-corrected chi connectivity index (χ1v) is 4.36. The van der Waals surface area contributed by atoms with Crippen LogP contribution in [-0.4, -0.2) is 43.1 Å². The van der Waals surface area contributed by atoms with Crippen LogP contribution in [0.2, 0.25) is 0 Å². The Kier molecular flexibility index (Phi) is 3.80. The second-order valence-electron chi connectivity index (χ2n) is 2.85. The summed E-state index contributed by atoms with van der Waals surface area (Å²) in [7, 11) is 0. The third-order valence-electron chi connectivity index (χ3n) is 1.85. The number of nitrogens with one attached hydrogen (secondary N) is 1. The van der Waals surface area contributed by atoms with E-state index in [0.29, 0.717) is 26.1 Å². The molecule has 14 heavy (non-hydrogen) atoms. The summed E-state index contributed by atoms with van der Waals surface area (Å²) in [6.07, 6.45) is 4.80. The van der Waals surface area contributed by atoms with Crippen molar-refractivity contribution < 1.29 is 14.3 Å². The van der Waals surface area contributed by atoms with Crippen molar-refractivity contribution in [2.45, 2.75) is 6.42 Å². The predicted molar refractivity (Wildman–Crippen MR) is 49.4 cm³/mol. The molecule has 5 heteroatoms. The van der Waals surface area contributed by atoms with Crippen LogP contribution in [0, 0.1) is 12.3 Å². The maximum Gasteiger partial charge on any atom is 0.410 e. The normalized spacial score (nSPS) is 16.5. The van der Waals surface area contributed by atoms with Gasteiger partial charge in [0, 0.05) is 26.1 Å². The molecule has 0 bridgehead atoms. The second-order valence-corrected chi connectivity index (χ2v) is 2.85. The van der Waals surface area contributed by atoms with Crippen LogP contribution in [0.4, 0.5) is 4.79 Å². The molecule has 0 unspecified atom stereocenters. The quantitative estimate of drug-likeness (QED) is 0.579. The predicted octanol–water partition coefficient (Wildman–Crippen LogP) is -0.422. The first kappa shape index (κ1) is 10.4. The summed E-state index contributed by atoms with van der Waals surface area (Å²) in [6, 6.07) is 0. The van der Waals surface area contributed by atoms with E-state index >= 15 is 0 Å². The lowest BCUT2D eigenvalue weighted by Crippen LogP contribution is -2.34. The largest absolute Gasteiger partial charge is 0.436 e. The average Bonchev–Trinajstić information content (AvgIpc) is 2.39. The summed E-state index contributed by atoms with van der Waals surface area (Å²) < 4.78 is 4.73. The minimum atomic E-state index is -0.459. The van der Waals surface area contributed by atoms with Crippen LogP contribution in [0.1, 0.15) is 6.42 Å². The van der Waals surface area contributed by atoms with E-state index in [1.807, 2.05) is 0 Å². The van der Waals surface area contributed by atoms with Crippen LogP contribution in [-0.2, 0) is 9.53 Å². The van der Waals surface area contributed by atoms with Crippen LogP contribution in [0.25, 0.3) is 0 Å². The molecule has 0 aliphatic carbocycles. The van der Waals surface area contributed by atoms with Gasteiger partial charge in [0.05, 0.1) is 0 Å². The number of nitrogens with zero attached hydrogens (tertiary/aromatic N) is 1. The maximum atomic E-state index is 11.3. The molecule has 0 spiro atoms. The Morgan fingerprint density at radius 2 is 2.43 bits per heavy atom. The number of carbonyl (C=O) groups is 2. The zero-order valence-corrected chi connectivity index (χ0v) is 7.78. The van der Waals surface area contributed by atoms with E-state index < -0.39 is 6.09 Å². The summed E-state index contributed by atoms with van der Waals surface area (Å²) in [5, 5.41) is 2.66. The Bertz CT molecular complexity index is 270. The van der Waals surface area contributed by atoms with Gasteiger partial charge in [-0.25, -0.2) is 4.79 Å². The lowest BCUT2D eigenvalue weighted by molar-refractivity contribution is -0.120. The van der Waals surface area contributed by atoms with Crippen LogP contribution in [0.15, 0.2) is 0 Å². The van der Waals surface area contributed by atoms with E-state index in [1.54, 1.807) is 0 Å². The summed E-state index contributed by atoms with van der Waals surface area (Å²) in [4.78, 5) is 23.7. The molecule has 0 atom stereocenters. The number of ether oxygens (including phenoxy) is 1. The number of terminal acetylenes is 1. The van der Waals surface area contributed by atoms with E-state index in [2.05, 4.69) is 11.2 Å². The molecule has 0 aromatic heterocycles. The lowest BCUT2D eigenvalue weighted by Gasteiger charge is -2.17. The van der Waals surface area contributed by atoms with Gasteiger partial charge in [0.25, 0.3) is 0 Å². The van der Waals surface area contributed by atoms with Crippen molar-refractivity contribution in [2.75, 3.05) is 26.2 Å². The van der Waals surface area contributed by atoms with Gasteiger partial charge in [0.2, 0.25) is 5.91 Å². The molecule has 1 saturated heterocycles. The van der Waals surface area contributed by atoms with E-state index in [0.717, 1.165) is 0 Å². The van der Waals surface area contributed by atoms with Crippen molar-refractivity contribution in [2.24, 2.45) is 0 Å². The molecular formula is C9H12N2O3. The first-order valence-electron chi connectivity index (χ1n) is 4.36. The molecule has 76 valence electrons. The molecule has 0 aromatic rings. The lowest BCUT2D eigenvalue weighted by atomic mass is 10.4. The molecular weight excluding hydrogens is 184 g/mol. The maximum absolute atomic E-state index is 11.3. The highest BCUT2D eigenvalue weighted by atomic mass is 16.6. The molecule has 0 aromatic carbocycles. The number of rotatable bonds is 1. The van der Waals surface area contributed by atoms with Crippen molar-refractivity contribution in [3.05, 3.63) is 0 Å². The molecule has 1 N–H and O–H groups in total. The van der Waals surface area contributed by atoms with Gasteiger partial charge in [0.15, 0.2) is 6.61 Å². The highest BCUT2D eigenvalue weighted by molar-refractivity contribution is 5.77. The highest BCUT2D eigenvalue weighted by Gasteiger charge is 2.18. The molecule has 2 amide bonds. The molecule has 1 heterocycles. The van der Waals surface area contributed by atoms with Gasteiger partial charge in [-0.3, -0.25) is 4.79 Å². The van der Waals surface area contributed by atoms with Crippen molar-refractivity contribution in [3.63, 3.8) is 0 Å². The standard InChI is InChI=1S/C9H12N2O3/c1-2-7-14-9(13)11-5-3-8(12)10-4-6-11/h1H,3-7H2,(H,10,12). The fraction of sp³-hybridized carbons (Fsp3) is 0.556. The zero-order valence-electron chi connectivity index (χ0n) is 7.78. The molecule has 1 aliphatic rings. The number of hydrogen-bond acceptors (Lipinski definition) is 3. The van der Waals surface area contributed by atoms with Crippen LogP contribution in [0.5, 0.6) is 0 Å². The SMILES string of the molecule is C#CCOC(=O)N1CCNC(=O)CC1. The van der Waals surface area contributed by atoms with E-state index in [4.69, 9.17) is 11.2 Å². The van der Waals surface area contributed by atoms with Crippen LogP contribution >= 0.6 is 0 Å². The van der Waals surface area contributed by atoms with E-state index in [1.165, 1.54) is 4.90 Å². The molecule has 1 rings (SSSR count). The number of amides is 2. The van der Waals surface area contributed by atoms with Crippen molar-refractivity contribution in [1.29, 1.82) is 0 Å². The highest BCUT2D eigenvalue weighted by Crippen LogP contribution is 1.99. The Labute approximate surface area is 82.4 Å². The van der Waals surface area contributed by atoms with Crippen LogP contribution < -0.4 is 5.32 Å². The minimum Gasteiger partial charge on any atom is -0.436 e. The summed E-state index contributed by atoms with van der Waals surface area (Å²) in [5.74, 6) is 2.17. The average molecular weight is 196 g/mol. The Balaban J connectivity index is 2.39. The smallest absolute Gasteiger partial charge is 0.410 e. The monoisotopic (exact) mass is 196 g/mol. The molecule has 0 radical (unpaired) electrons. The Hall–Kier alpha value is -1.70. The third-order valence-corrected chi connectivity index (χ3v) is 1.85. The third kappa shape index (κ3) is 2.98. The summed E-state index contributed by atoms with van der Waals surface area (Å²) >= 11 is 0. The molecule has 0 saturated carbocycles. The molecule has 1 fully saturated rings. The van der Waals surface area contributed by atoms with E-state index in [9.17, 15) is 9.59 Å². The topological polar surface area (TPSA) is 58.6 Å². The second kappa shape index (κ2) is 5.12. The molecule has 1 aliphatic heterocycles. The Morgan fingerprint density at radius 3 is 3.14 bits per heavy atom. The Morgan fingerprint density at radius 1 is 1.64 bits per heavy atom. The van der Waals surface area contributed by atoms with Gasteiger partial charge in [-0.1, -0.05) is 5.92 Å². The van der Waals surface area contributed by atoms with Crippen LogP contribution in [0.3, 0.4) is 0 Å². The van der Waals surface area contributed by atoms with Gasteiger partial charge in [-0.05, 0) is 0 Å². The number of hydrogen-bond donors (Lipinski definition) is 1. The van der Waals surface area contributed by atoms with Gasteiger partial charge in [-0.15, -0.1) is 6.42 Å². The van der Waals surface area contributed by atoms with Crippen molar-refractivity contribution >= 4 is 12.0 Å². The minimum absolute atomic E-state index is 0.0310. The zero-order chi connectivity index (χ0) is 10.4. The van der Waals surface area contributed by atoms with Gasteiger partial charge in [0.1, 0.15) is 0 Å². The van der Waals surface area contributed by atoms with E-state index in [-0.39, 0.29) is 12.5 Å². The summed E-state index contributed by atoms with van der Waals surface area (Å²) in [6.45, 7) is 1.28. The number of carbonyl (C=O) groups excluding carboxylic acids is 2. The first-order chi connectivity index (χ1) is 6.74. The van der Waals surface area contributed by atoms with Gasteiger partial charge in [-0.2, -0.15) is 0 Å². The van der Waals surface area contributed by atoms with Crippen molar-refractivity contribution in [1.82, 2.24) is 10.2 Å².